The highest BCUT2D eigenvalue weighted by Crippen LogP contribution is 2.27. The third-order valence-electron chi connectivity index (χ3n) is 4.63. The standard InChI is InChI=1S/C22H26N2O4/c1-15(2)28-20-7-5-4-6-19(20)23-22(26)17-12-21(25)24(14-17)13-16-8-10-18(27-3)11-9-16/h4-11,15,17H,12-14H2,1-3H3,(H,23,26). The molecule has 148 valence electrons. The molecule has 6 nitrogen and oxygen atoms in total. The second kappa shape index (κ2) is 8.78. The zero-order valence-corrected chi connectivity index (χ0v) is 16.5. The van der Waals surface area contributed by atoms with Crippen molar-refractivity contribution in [3.05, 3.63) is 54.1 Å². The number of para-hydroxylation sites is 2. The summed E-state index contributed by atoms with van der Waals surface area (Å²) in [6.45, 7) is 4.76. The maximum Gasteiger partial charge on any atom is 0.229 e. The first kappa shape index (κ1) is 19.7. The number of anilines is 1. The van der Waals surface area contributed by atoms with Crippen LogP contribution in [0.5, 0.6) is 11.5 Å². The topological polar surface area (TPSA) is 67.9 Å². The smallest absolute Gasteiger partial charge is 0.229 e. The predicted octanol–water partition coefficient (Wildman–Crippen LogP) is 3.47. The largest absolute Gasteiger partial charge is 0.497 e. The highest BCUT2D eigenvalue weighted by atomic mass is 16.5. The van der Waals surface area contributed by atoms with Crippen LogP contribution >= 0.6 is 0 Å². The van der Waals surface area contributed by atoms with E-state index in [1.54, 1.807) is 12.0 Å². The maximum absolute atomic E-state index is 12.7. The quantitative estimate of drug-likeness (QED) is 0.796. The van der Waals surface area contributed by atoms with Gasteiger partial charge in [-0.05, 0) is 43.7 Å². The number of hydrogen-bond acceptors (Lipinski definition) is 4. The molecule has 0 spiro atoms. The molecule has 0 bridgehead atoms. The van der Waals surface area contributed by atoms with Crippen molar-refractivity contribution in [2.24, 2.45) is 5.92 Å². The van der Waals surface area contributed by atoms with Gasteiger partial charge in [-0.25, -0.2) is 0 Å². The summed E-state index contributed by atoms with van der Waals surface area (Å²) < 4.78 is 10.9. The molecule has 1 aliphatic rings. The van der Waals surface area contributed by atoms with Crippen LogP contribution in [0, 0.1) is 5.92 Å². The Morgan fingerprint density at radius 1 is 1.18 bits per heavy atom. The molecular formula is C22H26N2O4. The summed E-state index contributed by atoms with van der Waals surface area (Å²) in [6.07, 6.45) is 0.223. The van der Waals surface area contributed by atoms with E-state index < -0.39 is 0 Å². The van der Waals surface area contributed by atoms with Crippen LogP contribution in [-0.2, 0) is 16.1 Å². The molecule has 1 saturated heterocycles. The molecule has 2 aromatic carbocycles. The van der Waals surface area contributed by atoms with Crippen molar-refractivity contribution < 1.29 is 19.1 Å². The molecule has 1 atom stereocenters. The molecule has 1 heterocycles. The lowest BCUT2D eigenvalue weighted by atomic mass is 10.1. The van der Waals surface area contributed by atoms with Crippen molar-refractivity contribution in [1.82, 2.24) is 4.90 Å². The van der Waals surface area contributed by atoms with Gasteiger partial charge < -0.3 is 19.7 Å². The Balaban J connectivity index is 1.62. The fourth-order valence-electron chi connectivity index (χ4n) is 3.21. The Bertz CT molecular complexity index is 833. The Morgan fingerprint density at radius 3 is 2.57 bits per heavy atom. The number of hydrogen-bond donors (Lipinski definition) is 1. The Kier molecular flexibility index (Phi) is 6.19. The van der Waals surface area contributed by atoms with Gasteiger partial charge in [-0.15, -0.1) is 0 Å². The molecule has 1 N–H and O–H groups in total. The summed E-state index contributed by atoms with van der Waals surface area (Å²) in [4.78, 5) is 26.8. The lowest BCUT2D eigenvalue weighted by Crippen LogP contribution is -2.28. The van der Waals surface area contributed by atoms with Gasteiger partial charge in [0.25, 0.3) is 0 Å². The van der Waals surface area contributed by atoms with Crippen molar-refractivity contribution in [3.8, 4) is 11.5 Å². The van der Waals surface area contributed by atoms with E-state index in [9.17, 15) is 9.59 Å². The highest BCUT2D eigenvalue weighted by molar-refractivity contribution is 5.98. The van der Waals surface area contributed by atoms with Gasteiger partial charge in [-0.1, -0.05) is 24.3 Å². The number of rotatable bonds is 7. The first-order valence-electron chi connectivity index (χ1n) is 9.43. The number of benzene rings is 2. The van der Waals surface area contributed by atoms with E-state index in [1.807, 2.05) is 62.4 Å². The SMILES string of the molecule is COc1ccc(CN2CC(C(=O)Nc3ccccc3OC(C)C)CC2=O)cc1. The minimum Gasteiger partial charge on any atom is -0.497 e. The van der Waals surface area contributed by atoms with Crippen molar-refractivity contribution in [2.75, 3.05) is 19.0 Å². The Morgan fingerprint density at radius 2 is 1.89 bits per heavy atom. The van der Waals surface area contributed by atoms with Crippen molar-refractivity contribution in [1.29, 1.82) is 0 Å². The van der Waals surface area contributed by atoms with Crippen LogP contribution in [0.2, 0.25) is 0 Å². The summed E-state index contributed by atoms with van der Waals surface area (Å²) in [5, 5.41) is 2.92. The van der Waals surface area contributed by atoms with Gasteiger partial charge >= 0.3 is 0 Å². The monoisotopic (exact) mass is 382 g/mol. The predicted molar refractivity (Wildman–Crippen MR) is 107 cm³/mol. The van der Waals surface area contributed by atoms with Gasteiger partial charge in [0.05, 0.1) is 24.8 Å². The van der Waals surface area contributed by atoms with Crippen LogP contribution < -0.4 is 14.8 Å². The molecule has 6 heteroatoms. The molecule has 1 unspecified atom stereocenters. The summed E-state index contributed by atoms with van der Waals surface area (Å²) in [6, 6.07) is 14.9. The third kappa shape index (κ3) is 4.82. The molecule has 0 radical (unpaired) electrons. The van der Waals surface area contributed by atoms with E-state index in [4.69, 9.17) is 9.47 Å². The minimum absolute atomic E-state index is 0.00565. The summed E-state index contributed by atoms with van der Waals surface area (Å²) in [7, 11) is 1.62. The Hall–Kier alpha value is -3.02. The Labute approximate surface area is 165 Å². The maximum atomic E-state index is 12.7. The minimum atomic E-state index is -0.377. The molecule has 3 rings (SSSR count). The molecule has 0 saturated carbocycles. The molecule has 1 aliphatic heterocycles. The summed E-state index contributed by atoms with van der Waals surface area (Å²) in [5.74, 6) is 0.854. The number of methoxy groups -OCH3 is 1. The zero-order chi connectivity index (χ0) is 20.1. The number of carbonyl (C=O) groups excluding carboxylic acids is 2. The van der Waals surface area contributed by atoms with Crippen molar-refractivity contribution in [2.45, 2.75) is 32.9 Å². The van der Waals surface area contributed by atoms with Gasteiger partial charge in [-0.2, -0.15) is 0 Å². The lowest BCUT2D eigenvalue weighted by Gasteiger charge is -2.18. The van der Waals surface area contributed by atoms with Crippen LogP contribution in [0.1, 0.15) is 25.8 Å². The average Bonchev–Trinajstić information content (AvgIpc) is 3.04. The second-order valence-electron chi connectivity index (χ2n) is 7.18. The van der Waals surface area contributed by atoms with Crippen LogP contribution in [0.25, 0.3) is 0 Å². The number of carbonyl (C=O) groups is 2. The molecule has 1 fully saturated rings. The third-order valence-corrected chi connectivity index (χ3v) is 4.63. The fraction of sp³-hybridized carbons (Fsp3) is 0.364. The van der Waals surface area contributed by atoms with Gasteiger partial charge in [0.1, 0.15) is 11.5 Å². The van der Waals surface area contributed by atoms with Gasteiger partial charge in [0.15, 0.2) is 0 Å². The van der Waals surface area contributed by atoms with Crippen LogP contribution in [-0.4, -0.2) is 36.5 Å². The van der Waals surface area contributed by atoms with Crippen LogP contribution in [0.4, 0.5) is 5.69 Å². The number of likely N-dealkylation sites (tertiary alicyclic amines) is 1. The van der Waals surface area contributed by atoms with E-state index in [0.717, 1.165) is 11.3 Å². The molecule has 0 aliphatic carbocycles. The lowest BCUT2D eigenvalue weighted by molar-refractivity contribution is -0.128. The number of amides is 2. The first-order valence-corrected chi connectivity index (χ1v) is 9.43. The summed E-state index contributed by atoms with van der Waals surface area (Å²) >= 11 is 0. The van der Waals surface area contributed by atoms with Gasteiger partial charge in [0.2, 0.25) is 11.8 Å². The van der Waals surface area contributed by atoms with E-state index in [-0.39, 0.29) is 30.3 Å². The molecule has 2 aromatic rings. The molecular weight excluding hydrogens is 356 g/mol. The fourth-order valence-corrected chi connectivity index (χ4v) is 3.21. The zero-order valence-electron chi connectivity index (χ0n) is 16.5. The molecule has 28 heavy (non-hydrogen) atoms. The first-order chi connectivity index (χ1) is 13.5. The molecule has 2 amide bonds. The summed E-state index contributed by atoms with van der Waals surface area (Å²) in [5.41, 5.74) is 1.63. The second-order valence-corrected chi connectivity index (χ2v) is 7.18. The van der Waals surface area contributed by atoms with Gasteiger partial charge in [-0.3, -0.25) is 9.59 Å². The number of ether oxygens (including phenoxy) is 2. The van der Waals surface area contributed by atoms with Gasteiger partial charge in [0, 0.05) is 19.5 Å². The van der Waals surface area contributed by atoms with E-state index >= 15 is 0 Å². The molecule has 0 aromatic heterocycles. The van der Waals surface area contributed by atoms with E-state index in [0.29, 0.717) is 24.5 Å². The van der Waals surface area contributed by atoms with E-state index in [1.165, 1.54) is 0 Å². The number of nitrogens with zero attached hydrogens (tertiary/aromatic N) is 1. The van der Waals surface area contributed by atoms with Crippen molar-refractivity contribution in [3.63, 3.8) is 0 Å². The highest BCUT2D eigenvalue weighted by Gasteiger charge is 2.34. The van der Waals surface area contributed by atoms with Crippen LogP contribution in [0.3, 0.4) is 0 Å². The van der Waals surface area contributed by atoms with Crippen molar-refractivity contribution >= 4 is 17.5 Å². The number of nitrogens with one attached hydrogen (secondary N) is 1. The average molecular weight is 382 g/mol. The van der Waals surface area contributed by atoms with Crippen LogP contribution in [0.15, 0.2) is 48.5 Å². The normalized spacial score (nSPS) is 16.4. The van der Waals surface area contributed by atoms with E-state index in [2.05, 4.69) is 5.32 Å².